The van der Waals surface area contributed by atoms with Gasteiger partial charge in [-0.15, -0.1) is 0 Å². The minimum absolute atomic E-state index is 0.0263. The Morgan fingerprint density at radius 2 is 1.82 bits per heavy atom. The molecule has 28 heavy (non-hydrogen) atoms. The van der Waals surface area contributed by atoms with E-state index in [0.717, 1.165) is 5.69 Å². The summed E-state index contributed by atoms with van der Waals surface area (Å²) < 4.78 is 37.2. The molecule has 0 unspecified atom stereocenters. The van der Waals surface area contributed by atoms with Crippen LogP contribution in [0.4, 0.5) is 10.1 Å². The number of fused-ring (bicyclic) bond motifs is 1. The smallest absolute Gasteiger partial charge is 0.252 e. The van der Waals surface area contributed by atoms with E-state index in [0.29, 0.717) is 15.8 Å². The maximum atomic E-state index is 13.0. The van der Waals surface area contributed by atoms with E-state index in [1.165, 1.54) is 23.9 Å². The molecule has 2 saturated heterocycles. The first-order valence-electron chi connectivity index (χ1n) is 8.58. The molecule has 1 amide bonds. The van der Waals surface area contributed by atoms with E-state index < -0.39 is 9.84 Å². The minimum Gasteiger partial charge on any atom is -0.316 e. The number of nitrogens with zero attached hydrogens (tertiary/aromatic N) is 2. The van der Waals surface area contributed by atoms with Crippen LogP contribution >= 0.6 is 23.4 Å². The van der Waals surface area contributed by atoms with E-state index in [2.05, 4.69) is 4.99 Å². The van der Waals surface area contributed by atoms with Crippen molar-refractivity contribution in [2.45, 2.75) is 17.7 Å². The molecule has 0 aliphatic carbocycles. The van der Waals surface area contributed by atoms with E-state index in [4.69, 9.17) is 11.6 Å². The summed E-state index contributed by atoms with van der Waals surface area (Å²) in [5.74, 6) is -0.636. The van der Waals surface area contributed by atoms with Gasteiger partial charge in [0, 0.05) is 16.0 Å². The maximum Gasteiger partial charge on any atom is 0.252 e. The zero-order chi connectivity index (χ0) is 19.9. The van der Waals surface area contributed by atoms with Gasteiger partial charge in [-0.25, -0.2) is 12.8 Å². The number of carbonyl (C=O) groups excluding carboxylic acids is 1. The Labute approximate surface area is 171 Å². The van der Waals surface area contributed by atoms with Crippen LogP contribution < -0.4 is 4.90 Å². The number of aliphatic imine (C=N–C) groups is 1. The van der Waals surface area contributed by atoms with Crippen molar-refractivity contribution in [2.24, 2.45) is 4.99 Å². The SMILES string of the molecule is O=C(Cc1ccc(F)cc1)N=C1S[C@@H]2CS(=O)(=O)C[C@@H]2N1c1ccc(Cl)cc1. The van der Waals surface area contributed by atoms with Crippen LogP contribution in [0.3, 0.4) is 0 Å². The molecule has 2 aromatic rings. The lowest BCUT2D eigenvalue weighted by Crippen LogP contribution is -2.37. The highest BCUT2D eigenvalue weighted by atomic mass is 35.5. The number of carbonyl (C=O) groups is 1. The Morgan fingerprint density at radius 3 is 2.50 bits per heavy atom. The molecular formula is C19H16ClFN2O3S2. The van der Waals surface area contributed by atoms with Crippen molar-refractivity contribution in [3.63, 3.8) is 0 Å². The molecule has 0 spiro atoms. The number of hydrogen-bond donors (Lipinski definition) is 0. The molecule has 0 N–H and O–H groups in total. The van der Waals surface area contributed by atoms with Crippen LogP contribution in [0, 0.1) is 5.82 Å². The normalized spacial score (nSPS) is 24.5. The summed E-state index contributed by atoms with van der Waals surface area (Å²) in [5.41, 5.74) is 1.41. The van der Waals surface area contributed by atoms with Gasteiger partial charge < -0.3 is 4.90 Å². The predicted molar refractivity (Wildman–Crippen MR) is 110 cm³/mol. The molecule has 2 aliphatic heterocycles. The van der Waals surface area contributed by atoms with E-state index in [1.807, 2.05) is 4.90 Å². The summed E-state index contributed by atoms with van der Waals surface area (Å²) in [4.78, 5) is 18.5. The second-order valence-corrected chi connectivity index (χ2v) is 10.5. The quantitative estimate of drug-likeness (QED) is 0.735. The summed E-state index contributed by atoms with van der Waals surface area (Å²) in [6.45, 7) is 0. The number of thioether (sulfide) groups is 1. The third-order valence-corrected chi connectivity index (χ3v) is 8.12. The van der Waals surface area contributed by atoms with Crippen molar-refractivity contribution in [2.75, 3.05) is 16.4 Å². The highest BCUT2D eigenvalue weighted by molar-refractivity contribution is 8.16. The fourth-order valence-electron chi connectivity index (χ4n) is 3.39. The number of anilines is 1. The molecule has 0 bridgehead atoms. The van der Waals surface area contributed by atoms with E-state index in [1.54, 1.807) is 36.4 Å². The highest BCUT2D eigenvalue weighted by Crippen LogP contribution is 2.41. The van der Waals surface area contributed by atoms with Crippen molar-refractivity contribution < 1.29 is 17.6 Å². The third kappa shape index (κ3) is 4.09. The molecule has 2 aromatic carbocycles. The molecule has 0 aromatic heterocycles. The lowest BCUT2D eigenvalue weighted by atomic mass is 10.1. The molecule has 9 heteroatoms. The number of amides is 1. The van der Waals surface area contributed by atoms with Gasteiger partial charge in [0.2, 0.25) is 0 Å². The molecule has 146 valence electrons. The van der Waals surface area contributed by atoms with Gasteiger partial charge >= 0.3 is 0 Å². The second kappa shape index (κ2) is 7.50. The van der Waals surface area contributed by atoms with Crippen molar-refractivity contribution in [3.05, 3.63) is 64.9 Å². The Balaban J connectivity index is 1.62. The van der Waals surface area contributed by atoms with Gasteiger partial charge in [-0.3, -0.25) is 4.79 Å². The second-order valence-electron chi connectivity index (χ2n) is 6.74. The average molecular weight is 439 g/mol. The molecule has 0 radical (unpaired) electrons. The summed E-state index contributed by atoms with van der Waals surface area (Å²) in [6, 6.07) is 12.4. The Bertz CT molecular complexity index is 1040. The molecular weight excluding hydrogens is 423 g/mol. The molecule has 2 aliphatic rings. The van der Waals surface area contributed by atoms with E-state index >= 15 is 0 Å². The number of benzene rings is 2. The van der Waals surface area contributed by atoms with Gasteiger partial charge in [-0.1, -0.05) is 35.5 Å². The summed E-state index contributed by atoms with van der Waals surface area (Å²) in [6.07, 6.45) is 0.0480. The summed E-state index contributed by atoms with van der Waals surface area (Å²) >= 11 is 7.28. The van der Waals surface area contributed by atoms with Crippen LogP contribution in [0.2, 0.25) is 5.02 Å². The Morgan fingerprint density at radius 1 is 1.14 bits per heavy atom. The van der Waals surface area contributed by atoms with E-state index in [-0.39, 0.29) is 40.9 Å². The number of halogens is 2. The largest absolute Gasteiger partial charge is 0.316 e. The van der Waals surface area contributed by atoms with Gasteiger partial charge in [0.15, 0.2) is 15.0 Å². The first-order valence-corrected chi connectivity index (χ1v) is 11.7. The summed E-state index contributed by atoms with van der Waals surface area (Å²) in [7, 11) is -3.12. The maximum absolute atomic E-state index is 13.0. The number of amidine groups is 1. The zero-order valence-corrected chi connectivity index (χ0v) is 17.0. The average Bonchev–Trinajstić information content (AvgIpc) is 3.09. The molecule has 4 rings (SSSR count). The topological polar surface area (TPSA) is 66.8 Å². The monoisotopic (exact) mass is 438 g/mol. The Kier molecular flexibility index (Phi) is 5.20. The number of sulfone groups is 1. The minimum atomic E-state index is -3.12. The van der Waals surface area contributed by atoms with Crippen molar-refractivity contribution in [3.8, 4) is 0 Å². The highest BCUT2D eigenvalue weighted by Gasteiger charge is 2.49. The lowest BCUT2D eigenvalue weighted by molar-refractivity contribution is -0.117. The summed E-state index contributed by atoms with van der Waals surface area (Å²) in [5, 5.41) is 0.884. The van der Waals surface area contributed by atoms with Crippen LogP contribution in [0.1, 0.15) is 5.56 Å². The molecule has 0 saturated carbocycles. The van der Waals surface area contributed by atoms with Crippen LogP contribution in [0.15, 0.2) is 53.5 Å². The molecule has 5 nitrogen and oxygen atoms in total. The van der Waals surface area contributed by atoms with Gasteiger partial charge in [0.05, 0.1) is 24.0 Å². The van der Waals surface area contributed by atoms with Gasteiger partial charge in [0.25, 0.3) is 5.91 Å². The molecule has 2 heterocycles. The zero-order valence-electron chi connectivity index (χ0n) is 14.6. The lowest BCUT2D eigenvalue weighted by Gasteiger charge is -2.24. The standard InChI is InChI=1S/C19H16ClFN2O3S2/c20-13-3-7-15(8-4-13)23-16-10-28(25,26)11-17(16)27-19(23)22-18(24)9-12-1-5-14(21)6-2-12/h1-8,16-17H,9-11H2/t16-,17+/m0/s1. The first kappa shape index (κ1) is 19.4. The van der Waals surface area contributed by atoms with Crippen molar-refractivity contribution >= 4 is 50.0 Å². The number of rotatable bonds is 3. The van der Waals surface area contributed by atoms with Gasteiger partial charge in [-0.2, -0.15) is 4.99 Å². The molecule has 2 atom stereocenters. The van der Waals surface area contributed by atoms with Crippen LogP contribution in [0.25, 0.3) is 0 Å². The fourth-order valence-corrected chi connectivity index (χ4v) is 7.45. The van der Waals surface area contributed by atoms with Gasteiger partial charge in [-0.05, 0) is 42.0 Å². The first-order chi connectivity index (χ1) is 13.3. The Hall–Kier alpha value is -1.90. The fraction of sp³-hybridized carbons (Fsp3) is 0.263. The van der Waals surface area contributed by atoms with Crippen molar-refractivity contribution in [1.29, 1.82) is 0 Å². The van der Waals surface area contributed by atoms with Crippen LogP contribution in [-0.4, -0.2) is 42.3 Å². The van der Waals surface area contributed by atoms with Crippen LogP contribution in [0.5, 0.6) is 0 Å². The third-order valence-electron chi connectivity index (χ3n) is 4.66. The van der Waals surface area contributed by atoms with Crippen LogP contribution in [-0.2, 0) is 21.1 Å². The van der Waals surface area contributed by atoms with Gasteiger partial charge in [0.1, 0.15) is 5.82 Å². The molecule has 2 fully saturated rings. The predicted octanol–water partition coefficient (Wildman–Crippen LogP) is 3.32. The van der Waals surface area contributed by atoms with E-state index in [9.17, 15) is 17.6 Å². The number of hydrogen-bond acceptors (Lipinski definition) is 4. The van der Waals surface area contributed by atoms with Crippen molar-refractivity contribution in [1.82, 2.24) is 0 Å².